The number of aromatic nitrogens is 1. The van der Waals surface area contributed by atoms with Gasteiger partial charge in [0, 0.05) is 12.3 Å². The van der Waals surface area contributed by atoms with E-state index in [0.29, 0.717) is 18.4 Å². The first-order chi connectivity index (χ1) is 17.8. The normalized spacial score (nSPS) is 17.2. The number of hydrogen-bond donors (Lipinski definition) is 1. The Morgan fingerprint density at radius 1 is 1.11 bits per heavy atom. The summed E-state index contributed by atoms with van der Waals surface area (Å²) in [6, 6.07) is 18.5. The predicted molar refractivity (Wildman–Crippen MR) is 146 cm³/mol. The van der Waals surface area contributed by atoms with Crippen LogP contribution in [0.2, 0.25) is 0 Å². The molecule has 0 unspecified atom stereocenters. The molecule has 1 atom stereocenters. The molecular weight excluding hydrogens is 462 g/mol. The van der Waals surface area contributed by atoms with Crippen molar-refractivity contribution < 1.29 is 19.4 Å². The van der Waals surface area contributed by atoms with Gasteiger partial charge < -0.3 is 14.6 Å². The lowest BCUT2D eigenvalue weighted by molar-refractivity contribution is -0.137. The third kappa shape index (κ3) is 5.71. The van der Waals surface area contributed by atoms with Crippen LogP contribution in [-0.2, 0) is 11.4 Å². The minimum absolute atomic E-state index is 0.0563. The molecule has 0 amide bonds. The molecule has 192 valence electrons. The van der Waals surface area contributed by atoms with Crippen LogP contribution in [0, 0.1) is 11.3 Å². The number of pyridine rings is 1. The summed E-state index contributed by atoms with van der Waals surface area (Å²) in [7, 11) is 1.64. The van der Waals surface area contributed by atoms with E-state index in [-0.39, 0.29) is 17.8 Å². The summed E-state index contributed by atoms with van der Waals surface area (Å²) in [6.45, 7) is 5.06. The molecule has 0 radical (unpaired) electrons. The van der Waals surface area contributed by atoms with Gasteiger partial charge in [0.2, 0.25) is 5.88 Å². The Balaban J connectivity index is 1.42. The molecule has 0 saturated heterocycles. The van der Waals surface area contributed by atoms with E-state index in [2.05, 4.69) is 43.1 Å². The summed E-state index contributed by atoms with van der Waals surface area (Å²) in [5.41, 5.74) is 7.08. The van der Waals surface area contributed by atoms with Crippen molar-refractivity contribution in [3.8, 4) is 22.8 Å². The van der Waals surface area contributed by atoms with Crippen molar-refractivity contribution in [1.82, 2.24) is 4.98 Å². The highest BCUT2D eigenvalue weighted by Gasteiger charge is 2.34. The lowest BCUT2D eigenvalue weighted by Gasteiger charge is -2.25. The minimum Gasteiger partial charge on any atom is -0.489 e. The van der Waals surface area contributed by atoms with Gasteiger partial charge in [-0.2, -0.15) is 0 Å². The second-order valence-corrected chi connectivity index (χ2v) is 10.9. The second kappa shape index (κ2) is 10.4. The number of aliphatic carboxylic acids is 1. The highest BCUT2D eigenvalue weighted by molar-refractivity contribution is 5.84. The van der Waals surface area contributed by atoms with Gasteiger partial charge in [-0.05, 0) is 101 Å². The van der Waals surface area contributed by atoms with E-state index >= 15 is 0 Å². The zero-order valence-corrected chi connectivity index (χ0v) is 21.9. The maximum Gasteiger partial charge on any atom is 0.303 e. The van der Waals surface area contributed by atoms with Crippen molar-refractivity contribution in [2.45, 2.75) is 58.5 Å². The molecule has 0 aliphatic heterocycles. The number of ether oxygens (including phenoxy) is 2. The van der Waals surface area contributed by atoms with E-state index in [1.807, 2.05) is 36.4 Å². The average Bonchev–Trinajstić information content (AvgIpc) is 3.68. The molecule has 5 rings (SSSR count). The van der Waals surface area contributed by atoms with Crippen LogP contribution in [0.3, 0.4) is 0 Å². The van der Waals surface area contributed by atoms with E-state index in [4.69, 9.17) is 9.47 Å². The molecule has 0 bridgehead atoms. The van der Waals surface area contributed by atoms with Crippen LogP contribution in [0.4, 0.5) is 0 Å². The molecule has 1 aromatic heterocycles. The van der Waals surface area contributed by atoms with Crippen LogP contribution in [0.25, 0.3) is 16.7 Å². The number of carboxylic acid groups (broad SMARTS) is 1. The molecule has 5 nitrogen and oxygen atoms in total. The monoisotopic (exact) mass is 497 g/mol. The van der Waals surface area contributed by atoms with Gasteiger partial charge in [-0.15, -0.1) is 0 Å². The minimum atomic E-state index is -0.744. The maximum absolute atomic E-state index is 11.4. The Morgan fingerprint density at radius 2 is 1.95 bits per heavy atom. The van der Waals surface area contributed by atoms with Gasteiger partial charge in [0.05, 0.1) is 13.5 Å². The lowest BCUT2D eigenvalue weighted by atomic mass is 9.79. The summed E-state index contributed by atoms with van der Waals surface area (Å²) < 4.78 is 11.6. The van der Waals surface area contributed by atoms with Crippen LogP contribution < -0.4 is 9.47 Å². The molecule has 1 heterocycles. The first-order valence-electron chi connectivity index (χ1n) is 13.1. The van der Waals surface area contributed by atoms with Gasteiger partial charge in [-0.25, -0.2) is 4.98 Å². The van der Waals surface area contributed by atoms with Crippen molar-refractivity contribution in [1.29, 1.82) is 0 Å². The van der Waals surface area contributed by atoms with Gasteiger partial charge in [-0.3, -0.25) is 4.79 Å². The van der Waals surface area contributed by atoms with E-state index < -0.39 is 5.97 Å². The average molecular weight is 498 g/mol. The second-order valence-electron chi connectivity index (χ2n) is 10.9. The zero-order valence-electron chi connectivity index (χ0n) is 21.9. The first-order valence-corrected chi connectivity index (χ1v) is 13.1. The van der Waals surface area contributed by atoms with Crippen molar-refractivity contribution in [3.05, 3.63) is 83.6 Å². The summed E-state index contributed by atoms with van der Waals surface area (Å²) in [4.78, 5) is 15.7. The summed E-state index contributed by atoms with van der Waals surface area (Å²) in [6.07, 6.45) is 8.74. The Labute approximate surface area is 219 Å². The van der Waals surface area contributed by atoms with Gasteiger partial charge >= 0.3 is 5.97 Å². The van der Waals surface area contributed by atoms with Crippen LogP contribution in [-0.4, -0.2) is 23.2 Å². The van der Waals surface area contributed by atoms with Crippen LogP contribution >= 0.6 is 0 Å². The van der Waals surface area contributed by atoms with Gasteiger partial charge in [0.15, 0.2) is 0 Å². The number of benzene rings is 2. The summed E-state index contributed by atoms with van der Waals surface area (Å²) in [5, 5.41) is 9.38. The number of rotatable bonds is 10. The Hall–Kier alpha value is -3.60. The largest absolute Gasteiger partial charge is 0.489 e. The number of nitrogens with zero attached hydrogens (tertiary/aromatic N) is 1. The van der Waals surface area contributed by atoms with Crippen molar-refractivity contribution >= 4 is 11.5 Å². The fourth-order valence-corrected chi connectivity index (χ4v) is 5.55. The number of allylic oxidation sites excluding steroid dienone is 2. The molecule has 2 aliphatic carbocycles. The molecule has 37 heavy (non-hydrogen) atoms. The van der Waals surface area contributed by atoms with Gasteiger partial charge in [-0.1, -0.05) is 44.2 Å². The zero-order chi connectivity index (χ0) is 26.0. The SMILES string of the molecule is COc1cc(-c2ccc(COc3cccc([C@H](CC(=O)O)C4CC4)c3)cc2C2=CCCC2(C)C)ccn1. The molecule has 0 spiro atoms. The number of carboxylic acids is 1. The molecule has 2 aliphatic rings. The third-order valence-electron chi connectivity index (χ3n) is 7.75. The molecule has 5 heteroatoms. The standard InChI is InChI=1S/C32H35NO4/c1-32(2)14-5-8-29(32)28-16-21(9-12-26(28)24-13-15-33-30(18-24)36-3)20-37-25-7-4-6-23(17-25)27(19-31(34)35)22-10-11-22/h4,6-9,12-13,15-18,22,27H,5,10-11,14,19-20H2,1-3H3,(H,34,35)/t27-/m1/s1. The fourth-order valence-electron chi connectivity index (χ4n) is 5.55. The van der Waals surface area contributed by atoms with Gasteiger partial charge in [0.25, 0.3) is 0 Å². The quantitative estimate of drug-likeness (QED) is 0.314. The smallest absolute Gasteiger partial charge is 0.303 e. The topological polar surface area (TPSA) is 68.7 Å². The van der Waals surface area contributed by atoms with Gasteiger partial charge in [0.1, 0.15) is 12.4 Å². The first kappa shape index (κ1) is 25.1. The lowest BCUT2D eigenvalue weighted by Crippen LogP contribution is -2.10. The van der Waals surface area contributed by atoms with E-state index in [1.165, 1.54) is 11.1 Å². The highest BCUT2D eigenvalue weighted by Crippen LogP contribution is 2.47. The number of hydrogen-bond acceptors (Lipinski definition) is 4. The molecule has 1 N–H and O–H groups in total. The van der Waals surface area contributed by atoms with Crippen molar-refractivity contribution in [3.63, 3.8) is 0 Å². The third-order valence-corrected chi connectivity index (χ3v) is 7.75. The predicted octanol–water partition coefficient (Wildman–Crippen LogP) is 7.51. The Kier molecular flexibility index (Phi) is 7.05. The van der Waals surface area contributed by atoms with Crippen molar-refractivity contribution in [2.24, 2.45) is 11.3 Å². The Bertz CT molecular complexity index is 1320. The Morgan fingerprint density at radius 3 is 2.65 bits per heavy atom. The van der Waals surface area contributed by atoms with E-state index in [9.17, 15) is 9.90 Å². The van der Waals surface area contributed by atoms with Crippen LogP contribution in [0.5, 0.6) is 11.6 Å². The van der Waals surface area contributed by atoms with E-state index in [1.54, 1.807) is 13.3 Å². The molecule has 3 aromatic rings. The summed E-state index contributed by atoms with van der Waals surface area (Å²) in [5.74, 6) is 1.16. The molecule has 1 saturated carbocycles. The number of carbonyl (C=O) groups is 1. The molecular formula is C32H35NO4. The van der Waals surface area contributed by atoms with E-state index in [0.717, 1.165) is 53.7 Å². The molecule has 1 fully saturated rings. The summed E-state index contributed by atoms with van der Waals surface area (Å²) >= 11 is 0. The number of methoxy groups -OCH3 is 1. The van der Waals surface area contributed by atoms with Crippen LogP contribution in [0.1, 0.15) is 68.6 Å². The fraction of sp³-hybridized carbons (Fsp3) is 0.375. The van der Waals surface area contributed by atoms with Crippen molar-refractivity contribution in [2.75, 3.05) is 7.11 Å². The maximum atomic E-state index is 11.4. The highest BCUT2D eigenvalue weighted by atomic mass is 16.5. The molecule has 2 aromatic carbocycles. The van der Waals surface area contributed by atoms with Crippen LogP contribution in [0.15, 0.2) is 66.9 Å².